The minimum atomic E-state index is -0.403. The molecule has 1 radical (unpaired) electrons. The normalized spacial score (nSPS) is 12.2. The van der Waals surface area contributed by atoms with Gasteiger partial charge in [0.15, 0.2) is 0 Å². The van der Waals surface area contributed by atoms with Crippen LogP contribution in [0.1, 0.15) is 13.3 Å². The van der Waals surface area contributed by atoms with Crippen molar-refractivity contribution in [2.75, 3.05) is 40.5 Å². The molecule has 0 aromatic rings. The Morgan fingerprint density at radius 3 is 2.11 bits per heavy atom. The fourth-order valence-electron chi connectivity index (χ4n) is 1.26. The van der Waals surface area contributed by atoms with Gasteiger partial charge in [0.25, 0.3) is 0 Å². The standard InChI is InChI=1S/C12H23N2O4/c1-10(12(13)16)4-5-11(15)14(6-8-17-2)7-9-18-3/h5,10H,4,6-9H2,1-3H3,(H2,13,16)/t10-/m0/s1. The minimum absolute atomic E-state index is 0.128. The molecule has 0 fully saturated rings. The Morgan fingerprint density at radius 1 is 1.22 bits per heavy atom. The second kappa shape index (κ2) is 9.85. The van der Waals surface area contributed by atoms with Crippen LogP contribution < -0.4 is 5.73 Å². The average Bonchev–Trinajstić information content (AvgIpc) is 2.35. The first-order valence-electron chi connectivity index (χ1n) is 5.92. The number of ether oxygens (including phenoxy) is 2. The van der Waals surface area contributed by atoms with Crippen molar-refractivity contribution < 1.29 is 19.1 Å². The Bertz CT molecular complexity index is 250. The molecule has 0 spiro atoms. The lowest BCUT2D eigenvalue weighted by atomic mass is 10.0. The fourth-order valence-corrected chi connectivity index (χ4v) is 1.26. The zero-order valence-electron chi connectivity index (χ0n) is 11.3. The zero-order chi connectivity index (χ0) is 14.0. The number of nitrogens with two attached hydrogens (primary N) is 1. The van der Waals surface area contributed by atoms with Crippen LogP contribution in [0.25, 0.3) is 0 Å². The van der Waals surface area contributed by atoms with Gasteiger partial charge in [0.1, 0.15) is 0 Å². The lowest BCUT2D eigenvalue weighted by molar-refractivity contribution is -0.129. The maximum Gasteiger partial charge on any atom is 0.226 e. The third-order valence-electron chi connectivity index (χ3n) is 2.57. The fraction of sp³-hybridized carbons (Fsp3) is 0.750. The molecule has 0 saturated heterocycles. The number of nitrogens with zero attached hydrogens (tertiary/aromatic N) is 1. The smallest absolute Gasteiger partial charge is 0.226 e. The summed E-state index contributed by atoms with van der Waals surface area (Å²) in [6.45, 7) is 3.63. The summed E-state index contributed by atoms with van der Waals surface area (Å²) in [5.74, 6) is -0.864. The summed E-state index contributed by atoms with van der Waals surface area (Å²) in [6.07, 6.45) is 1.84. The monoisotopic (exact) mass is 259 g/mol. The molecule has 0 aliphatic rings. The van der Waals surface area contributed by atoms with Gasteiger partial charge < -0.3 is 20.1 Å². The summed E-state index contributed by atoms with van der Waals surface area (Å²) >= 11 is 0. The molecule has 6 heteroatoms. The SMILES string of the molecule is COCCN(CCOC)C(=O)[CH]C[C@H](C)C(N)=O. The van der Waals surface area contributed by atoms with Crippen molar-refractivity contribution in [1.82, 2.24) is 4.90 Å². The van der Waals surface area contributed by atoms with Gasteiger partial charge in [-0.1, -0.05) is 6.92 Å². The third-order valence-corrected chi connectivity index (χ3v) is 2.57. The Hall–Kier alpha value is -1.14. The van der Waals surface area contributed by atoms with Crippen LogP contribution in [-0.2, 0) is 19.1 Å². The van der Waals surface area contributed by atoms with Gasteiger partial charge in [-0.15, -0.1) is 0 Å². The second-order valence-electron chi connectivity index (χ2n) is 4.05. The highest BCUT2D eigenvalue weighted by atomic mass is 16.5. The molecule has 0 saturated carbocycles. The number of hydrogen-bond donors (Lipinski definition) is 1. The van der Waals surface area contributed by atoms with Crippen molar-refractivity contribution in [2.24, 2.45) is 11.7 Å². The minimum Gasteiger partial charge on any atom is -0.383 e. The summed E-state index contributed by atoms with van der Waals surface area (Å²) in [5.41, 5.74) is 5.13. The van der Waals surface area contributed by atoms with Crippen molar-refractivity contribution in [2.45, 2.75) is 13.3 Å². The Kier molecular flexibility index (Phi) is 9.22. The molecule has 0 aromatic heterocycles. The highest BCUT2D eigenvalue weighted by Gasteiger charge is 2.16. The van der Waals surface area contributed by atoms with Crippen LogP contribution in [0, 0.1) is 12.3 Å². The van der Waals surface area contributed by atoms with E-state index in [0.717, 1.165) is 0 Å². The molecule has 1 atom stereocenters. The molecule has 2 N–H and O–H groups in total. The number of carbonyl (C=O) groups is 2. The van der Waals surface area contributed by atoms with Gasteiger partial charge in [-0.05, 0) is 6.42 Å². The van der Waals surface area contributed by atoms with Crippen molar-refractivity contribution in [3.8, 4) is 0 Å². The summed E-state index contributed by atoms with van der Waals surface area (Å²) in [5, 5.41) is 0. The maximum absolute atomic E-state index is 11.9. The number of hydrogen-bond acceptors (Lipinski definition) is 4. The lowest BCUT2D eigenvalue weighted by Gasteiger charge is -2.22. The highest BCUT2D eigenvalue weighted by Crippen LogP contribution is 2.06. The Labute approximate surface area is 108 Å². The van der Waals surface area contributed by atoms with Crippen molar-refractivity contribution in [1.29, 1.82) is 0 Å². The van der Waals surface area contributed by atoms with Crippen LogP contribution in [0.3, 0.4) is 0 Å². The molecule has 0 aliphatic carbocycles. The lowest BCUT2D eigenvalue weighted by Crippen LogP contribution is -2.37. The van der Waals surface area contributed by atoms with Crippen molar-refractivity contribution in [3.05, 3.63) is 6.42 Å². The molecule has 0 aliphatic heterocycles. The molecule has 6 nitrogen and oxygen atoms in total. The van der Waals surface area contributed by atoms with Gasteiger partial charge in [0.05, 0.1) is 19.6 Å². The number of primary amides is 1. The van der Waals surface area contributed by atoms with Gasteiger partial charge in [-0.3, -0.25) is 9.59 Å². The highest BCUT2D eigenvalue weighted by molar-refractivity contribution is 5.86. The Morgan fingerprint density at radius 2 is 1.72 bits per heavy atom. The van der Waals surface area contributed by atoms with E-state index in [0.29, 0.717) is 32.7 Å². The van der Waals surface area contributed by atoms with Crippen LogP contribution in [0.4, 0.5) is 0 Å². The molecular formula is C12H23N2O4. The third kappa shape index (κ3) is 7.24. The molecule has 105 valence electrons. The van der Waals surface area contributed by atoms with Crippen molar-refractivity contribution in [3.63, 3.8) is 0 Å². The number of carbonyl (C=O) groups excluding carboxylic acids is 2. The van der Waals surface area contributed by atoms with E-state index < -0.39 is 5.91 Å². The molecule has 0 bridgehead atoms. The number of amides is 2. The first-order valence-corrected chi connectivity index (χ1v) is 5.92. The average molecular weight is 259 g/mol. The molecule has 0 rings (SSSR count). The van der Waals surface area contributed by atoms with E-state index in [1.807, 2.05) is 0 Å². The van der Waals surface area contributed by atoms with E-state index in [2.05, 4.69) is 0 Å². The molecule has 0 aromatic carbocycles. The second-order valence-corrected chi connectivity index (χ2v) is 4.05. The topological polar surface area (TPSA) is 81.9 Å². The van der Waals surface area contributed by atoms with E-state index in [1.54, 1.807) is 26.0 Å². The number of methoxy groups -OCH3 is 2. The van der Waals surface area contributed by atoms with E-state index in [-0.39, 0.29) is 11.8 Å². The van der Waals surface area contributed by atoms with Crippen LogP contribution in [0.5, 0.6) is 0 Å². The van der Waals surface area contributed by atoms with Gasteiger partial charge >= 0.3 is 0 Å². The molecule has 0 unspecified atom stereocenters. The van der Waals surface area contributed by atoms with E-state index in [9.17, 15) is 9.59 Å². The Balaban J connectivity index is 4.14. The predicted octanol–water partition coefficient (Wildman–Crippen LogP) is -0.176. The summed E-state index contributed by atoms with van der Waals surface area (Å²) in [7, 11) is 3.16. The van der Waals surface area contributed by atoms with Crippen LogP contribution in [0.2, 0.25) is 0 Å². The summed E-state index contributed by atoms with van der Waals surface area (Å²) in [4.78, 5) is 24.4. The molecule has 18 heavy (non-hydrogen) atoms. The van der Waals surface area contributed by atoms with Crippen LogP contribution in [-0.4, -0.2) is 57.2 Å². The van der Waals surface area contributed by atoms with Crippen molar-refractivity contribution >= 4 is 11.8 Å². The van der Waals surface area contributed by atoms with Gasteiger partial charge in [0.2, 0.25) is 11.8 Å². The van der Waals surface area contributed by atoms with Gasteiger partial charge in [0, 0.05) is 33.2 Å². The van der Waals surface area contributed by atoms with Crippen LogP contribution in [0.15, 0.2) is 0 Å². The van der Waals surface area contributed by atoms with E-state index >= 15 is 0 Å². The van der Waals surface area contributed by atoms with Gasteiger partial charge in [-0.25, -0.2) is 0 Å². The molecule has 2 amide bonds. The molecule has 0 heterocycles. The van der Waals surface area contributed by atoms with Gasteiger partial charge in [-0.2, -0.15) is 0 Å². The zero-order valence-corrected chi connectivity index (χ0v) is 11.3. The predicted molar refractivity (Wildman–Crippen MR) is 67.6 cm³/mol. The van der Waals surface area contributed by atoms with E-state index in [4.69, 9.17) is 15.2 Å². The van der Waals surface area contributed by atoms with E-state index in [1.165, 1.54) is 6.42 Å². The number of rotatable bonds is 10. The summed E-state index contributed by atoms with van der Waals surface area (Å²) < 4.78 is 9.89. The quantitative estimate of drug-likeness (QED) is 0.590. The first-order chi connectivity index (χ1) is 8.52. The molecular weight excluding hydrogens is 236 g/mol. The largest absolute Gasteiger partial charge is 0.383 e. The van der Waals surface area contributed by atoms with Crippen LogP contribution >= 0.6 is 0 Å². The maximum atomic E-state index is 11.9. The first kappa shape index (κ1) is 16.9. The summed E-state index contributed by atoms with van der Waals surface area (Å²) in [6, 6.07) is 0.